The second kappa shape index (κ2) is 4.82. The fraction of sp³-hybridized carbons (Fsp3) is 0.588. The van der Waals surface area contributed by atoms with Gasteiger partial charge in [0.15, 0.2) is 0 Å². The van der Waals surface area contributed by atoms with Gasteiger partial charge in [0.1, 0.15) is 0 Å². The van der Waals surface area contributed by atoms with E-state index in [9.17, 15) is 5.11 Å². The minimum atomic E-state index is -0.957. The third-order valence-corrected chi connectivity index (χ3v) is 4.99. The van der Waals surface area contributed by atoms with Gasteiger partial charge in [0.25, 0.3) is 0 Å². The van der Waals surface area contributed by atoms with Gasteiger partial charge in [-0.1, -0.05) is 12.1 Å². The second-order valence-electron chi connectivity index (χ2n) is 7.91. The minimum absolute atomic E-state index is 0.388. The number of rotatable bonds is 2. The fourth-order valence-corrected chi connectivity index (χ4v) is 2.91. The lowest BCUT2D eigenvalue weighted by Crippen LogP contribution is -2.41. The summed E-state index contributed by atoms with van der Waals surface area (Å²) >= 11 is 0. The molecule has 0 saturated carbocycles. The van der Waals surface area contributed by atoms with Crippen molar-refractivity contribution in [1.29, 1.82) is 0 Å². The zero-order valence-corrected chi connectivity index (χ0v) is 15.0. The van der Waals surface area contributed by atoms with Crippen molar-refractivity contribution >= 4 is 23.5 Å². The molecular weight excluding hydrogens is 291 g/mol. The van der Waals surface area contributed by atoms with Gasteiger partial charge in [-0.25, -0.2) is 0 Å². The molecule has 5 nitrogen and oxygen atoms in total. The summed E-state index contributed by atoms with van der Waals surface area (Å²) in [4.78, 5) is 0. The molecule has 1 aliphatic rings. The first-order valence-electron chi connectivity index (χ1n) is 7.97. The molecular formula is C17H25BN2O3. The molecule has 3 rings (SSSR count). The van der Waals surface area contributed by atoms with Gasteiger partial charge in [0.05, 0.1) is 22.3 Å². The van der Waals surface area contributed by atoms with E-state index in [0.29, 0.717) is 0 Å². The highest BCUT2D eigenvalue weighted by molar-refractivity contribution is 6.65. The zero-order valence-electron chi connectivity index (χ0n) is 15.0. The fourth-order valence-electron chi connectivity index (χ4n) is 2.91. The number of hydrogen-bond donors (Lipinski definition) is 1. The number of fused-ring (bicyclic) bond motifs is 1. The van der Waals surface area contributed by atoms with E-state index < -0.39 is 12.7 Å². The average Bonchev–Trinajstić information content (AvgIpc) is 2.83. The highest BCUT2D eigenvalue weighted by Crippen LogP contribution is 2.37. The van der Waals surface area contributed by atoms with Gasteiger partial charge < -0.3 is 14.4 Å². The average molecular weight is 316 g/mol. The van der Waals surface area contributed by atoms with Crippen LogP contribution in [0.2, 0.25) is 0 Å². The van der Waals surface area contributed by atoms with E-state index in [1.54, 1.807) is 18.5 Å². The van der Waals surface area contributed by atoms with Crippen LogP contribution in [0.1, 0.15) is 47.1 Å². The Hall–Kier alpha value is -1.37. The summed E-state index contributed by atoms with van der Waals surface area (Å²) in [5.41, 5.74) is 0.795. The Morgan fingerprint density at radius 3 is 2.22 bits per heavy atom. The lowest BCUT2D eigenvalue weighted by atomic mass is 9.75. The van der Waals surface area contributed by atoms with Crippen molar-refractivity contribution in [2.24, 2.45) is 7.05 Å². The summed E-state index contributed by atoms with van der Waals surface area (Å²) < 4.78 is 14.1. The lowest BCUT2D eigenvalue weighted by molar-refractivity contribution is 0.00578. The van der Waals surface area contributed by atoms with E-state index in [-0.39, 0.29) is 11.2 Å². The zero-order chi connectivity index (χ0) is 17.2. The number of nitrogens with zero attached hydrogens (tertiary/aromatic N) is 2. The molecule has 124 valence electrons. The molecule has 23 heavy (non-hydrogen) atoms. The monoisotopic (exact) mass is 316 g/mol. The Balaban J connectivity index is 2.14. The van der Waals surface area contributed by atoms with Crippen molar-refractivity contribution in [3.63, 3.8) is 0 Å². The van der Waals surface area contributed by atoms with Crippen molar-refractivity contribution in [2.75, 3.05) is 0 Å². The van der Waals surface area contributed by atoms with E-state index in [1.807, 2.05) is 53.1 Å². The van der Waals surface area contributed by atoms with Gasteiger partial charge >= 0.3 is 7.12 Å². The maximum absolute atomic E-state index is 10.4. The highest BCUT2D eigenvalue weighted by atomic mass is 16.7. The van der Waals surface area contributed by atoms with Crippen molar-refractivity contribution in [3.05, 3.63) is 23.9 Å². The van der Waals surface area contributed by atoms with Gasteiger partial charge in [-0.3, -0.25) is 4.68 Å². The highest BCUT2D eigenvalue weighted by Gasteiger charge is 2.52. The van der Waals surface area contributed by atoms with Crippen LogP contribution < -0.4 is 5.46 Å². The predicted molar refractivity (Wildman–Crippen MR) is 91.7 cm³/mol. The topological polar surface area (TPSA) is 56.5 Å². The second-order valence-corrected chi connectivity index (χ2v) is 7.91. The Labute approximate surface area is 137 Å². The first-order valence-corrected chi connectivity index (χ1v) is 7.97. The van der Waals surface area contributed by atoms with Crippen LogP contribution in [0.4, 0.5) is 0 Å². The summed E-state index contributed by atoms with van der Waals surface area (Å²) in [6.07, 6.45) is 1.95. The number of benzene rings is 1. The maximum Gasteiger partial charge on any atom is 0.495 e. The molecule has 0 spiro atoms. The lowest BCUT2D eigenvalue weighted by Gasteiger charge is -2.32. The van der Waals surface area contributed by atoms with Crippen molar-refractivity contribution in [2.45, 2.75) is 58.3 Å². The van der Waals surface area contributed by atoms with Crippen LogP contribution in [0.5, 0.6) is 0 Å². The summed E-state index contributed by atoms with van der Waals surface area (Å²) in [5, 5.41) is 15.9. The minimum Gasteiger partial charge on any atom is -0.399 e. The van der Waals surface area contributed by atoms with Gasteiger partial charge in [-0.05, 0) is 47.0 Å². The number of aromatic nitrogens is 2. The van der Waals surface area contributed by atoms with Crippen LogP contribution in [0.25, 0.3) is 10.9 Å². The van der Waals surface area contributed by atoms with E-state index in [2.05, 4.69) is 5.10 Å². The molecule has 1 aromatic heterocycles. The Morgan fingerprint density at radius 2 is 1.70 bits per heavy atom. The molecule has 0 amide bonds. The van der Waals surface area contributed by atoms with Crippen LogP contribution in [0.3, 0.4) is 0 Å². The van der Waals surface area contributed by atoms with Crippen LogP contribution in [0, 0.1) is 0 Å². The van der Waals surface area contributed by atoms with E-state index in [4.69, 9.17) is 9.31 Å². The predicted octanol–water partition coefficient (Wildman–Crippen LogP) is 2.10. The van der Waals surface area contributed by atoms with Crippen LogP contribution in [0.15, 0.2) is 18.3 Å². The number of aryl methyl sites for hydroxylation is 1. The van der Waals surface area contributed by atoms with E-state index in [1.165, 1.54) is 0 Å². The van der Waals surface area contributed by atoms with Crippen molar-refractivity contribution in [1.82, 2.24) is 9.78 Å². The molecule has 0 unspecified atom stereocenters. The van der Waals surface area contributed by atoms with Crippen molar-refractivity contribution < 1.29 is 14.4 Å². The molecule has 1 saturated heterocycles. The molecule has 6 heteroatoms. The first kappa shape index (κ1) is 16.5. The van der Waals surface area contributed by atoms with Gasteiger partial charge in [0.2, 0.25) is 0 Å². The van der Waals surface area contributed by atoms with Gasteiger partial charge in [-0.15, -0.1) is 0 Å². The molecule has 0 radical (unpaired) electrons. The van der Waals surface area contributed by atoms with E-state index >= 15 is 0 Å². The Bertz CT molecular complexity index is 743. The van der Waals surface area contributed by atoms with Crippen molar-refractivity contribution in [3.8, 4) is 0 Å². The first-order chi connectivity index (χ1) is 10.4. The summed E-state index contributed by atoms with van der Waals surface area (Å²) in [7, 11) is 1.44. The number of aliphatic hydroxyl groups is 1. The Kier molecular flexibility index (Phi) is 3.45. The third kappa shape index (κ3) is 2.59. The SMILES string of the molecule is Cn1cc2c(B3OC(C)(C)C(C)(C)O3)ccc(C(C)(C)O)c2n1. The third-order valence-electron chi connectivity index (χ3n) is 4.99. The summed E-state index contributed by atoms with van der Waals surface area (Å²) in [6.45, 7) is 11.7. The summed E-state index contributed by atoms with van der Waals surface area (Å²) in [5.74, 6) is 0. The molecule has 1 fully saturated rings. The van der Waals surface area contributed by atoms with Crippen LogP contribution in [-0.2, 0) is 22.0 Å². The molecule has 2 aromatic rings. The normalized spacial score (nSPS) is 20.4. The number of hydrogen-bond acceptors (Lipinski definition) is 4. The standard InChI is InChI=1S/C17H25BN2O3/c1-15(2,21)12-8-9-13(11-10-20(7)19-14(11)12)18-22-16(3,4)17(5,6)23-18/h8-10,21H,1-7H3. The largest absolute Gasteiger partial charge is 0.495 e. The summed E-state index contributed by atoms with van der Waals surface area (Å²) in [6, 6.07) is 3.88. The van der Waals surface area contributed by atoms with Crippen LogP contribution in [-0.4, -0.2) is 33.2 Å². The Morgan fingerprint density at radius 1 is 1.13 bits per heavy atom. The molecule has 1 aromatic carbocycles. The maximum atomic E-state index is 10.4. The molecule has 0 bridgehead atoms. The molecule has 0 aliphatic carbocycles. The van der Waals surface area contributed by atoms with Gasteiger partial charge in [-0.2, -0.15) is 5.10 Å². The molecule has 2 heterocycles. The quantitative estimate of drug-likeness (QED) is 0.862. The van der Waals surface area contributed by atoms with E-state index in [0.717, 1.165) is 21.9 Å². The molecule has 1 N–H and O–H groups in total. The van der Waals surface area contributed by atoms with Crippen LogP contribution >= 0.6 is 0 Å². The smallest absolute Gasteiger partial charge is 0.399 e. The molecule has 1 aliphatic heterocycles. The molecule has 0 atom stereocenters. The van der Waals surface area contributed by atoms with Gasteiger partial charge in [0, 0.05) is 24.2 Å².